The van der Waals surface area contributed by atoms with Crippen molar-refractivity contribution in [2.75, 3.05) is 26.8 Å². The van der Waals surface area contributed by atoms with Crippen molar-refractivity contribution in [3.8, 4) is 17.6 Å². The van der Waals surface area contributed by atoms with E-state index >= 15 is 0 Å². The minimum Gasteiger partial charge on any atom is -0.493 e. The Morgan fingerprint density at radius 3 is 2.95 bits per heavy atom. The van der Waals surface area contributed by atoms with Gasteiger partial charge in [-0.25, -0.2) is 0 Å². The van der Waals surface area contributed by atoms with E-state index in [1.54, 1.807) is 0 Å². The summed E-state index contributed by atoms with van der Waals surface area (Å²) in [4.78, 5) is 2.45. The molecule has 0 amide bonds. The highest BCUT2D eigenvalue weighted by molar-refractivity contribution is 5.43. The fourth-order valence-electron chi connectivity index (χ4n) is 2.84. The monoisotopic (exact) mass is 287 g/mol. The van der Waals surface area contributed by atoms with Crippen LogP contribution in [0.25, 0.3) is 0 Å². The predicted octanol–water partition coefficient (Wildman–Crippen LogP) is 2.59. The molecule has 21 heavy (non-hydrogen) atoms. The molecule has 1 unspecified atom stereocenters. The van der Waals surface area contributed by atoms with E-state index in [1.807, 2.05) is 25.1 Å². The molecule has 1 N–H and O–H groups in total. The third-order valence-corrected chi connectivity index (χ3v) is 4.12. The molecule has 0 aromatic heterocycles. The third-order valence-electron chi connectivity index (χ3n) is 4.12. The lowest BCUT2D eigenvalue weighted by Crippen LogP contribution is -2.37. The second-order valence-electron chi connectivity index (χ2n) is 5.71. The third kappa shape index (κ3) is 4.77. The van der Waals surface area contributed by atoms with Gasteiger partial charge in [0.2, 0.25) is 0 Å². The van der Waals surface area contributed by atoms with E-state index in [0.717, 1.165) is 29.9 Å². The number of aryl methyl sites for hydroxylation is 1. The Morgan fingerprint density at radius 1 is 1.38 bits per heavy atom. The Morgan fingerprint density at radius 2 is 2.24 bits per heavy atom. The number of ether oxygens (including phenoxy) is 1. The molecule has 0 spiro atoms. The molecular weight excluding hydrogens is 262 g/mol. The van der Waals surface area contributed by atoms with E-state index in [2.05, 4.69) is 23.8 Å². The highest BCUT2D eigenvalue weighted by Crippen LogP contribution is 2.21. The molecule has 1 aliphatic rings. The second kappa shape index (κ2) is 8.07. The van der Waals surface area contributed by atoms with E-state index in [0.29, 0.717) is 6.04 Å². The van der Waals surface area contributed by atoms with Crippen LogP contribution in [0.3, 0.4) is 0 Å². The summed E-state index contributed by atoms with van der Waals surface area (Å²) in [7, 11) is 2.21. The summed E-state index contributed by atoms with van der Waals surface area (Å²) in [6.45, 7) is 3.90. The number of aliphatic hydroxyl groups is 1. The van der Waals surface area contributed by atoms with Gasteiger partial charge in [-0.15, -0.1) is 0 Å². The first-order chi connectivity index (χ1) is 10.2. The normalized spacial score (nSPS) is 18.9. The van der Waals surface area contributed by atoms with Gasteiger partial charge in [0.25, 0.3) is 0 Å². The first-order valence-electron chi connectivity index (χ1n) is 7.74. The van der Waals surface area contributed by atoms with Crippen LogP contribution in [0.2, 0.25) is 0 Å². The lowest BCUT2D eigenvalue weighted by Gasteiger charge is -2.32. The van der Waals surface area contributed by atoms with Crippen molar-refractivity contribution >= 4 is 0 Å². The van der Waals surface area contributed by atoms with Crippen LogP contribution < -0.4 is 4.74 Å². The molecule has 1 atom stereocenters. The Bertz CT molecular complexity index is 516. The van der Waals surface area contributed by atoms with Gasteiger partial charge in [0.1, 0.15) is 12.4 Å². The average molecular weight is 287 g/mol. The summed E-state index contributed by atoms with van der Waals surface area (Å²) in [5, 5.41) is 8.71. The lowest BCUT2D eigenvalue weighted by atomic mass is 10.0. The lowest BCUT2D eigenvalue weighted by molar-refractivity contribution is 0.153. The number of rotatable bonds is 4. The number of hydrogen-bond donors (Lipinski definition) is 1. The molecule has 0 radical (unpaired) electrons. The number of piperidine rings is 1. The standard InChI is InChI=1S/C18H25NO2/c1-15-14-16(6-5-12-20)8-9-18(15)21-13-10-17-7-3-4-11-19(17)2/h8-9,14,17,20H,3-4,7,10-13H2,1-2H3. The molecule has 1 fully saturated rings. The zero-order valence-corrected chi connectivity index (χ0v) is 13.1. The molecule has 2 rings (SSSR count). The van der Waals surface area contributed by atoms with Crippen molar-refractivity contribution in [1.29, 1.82) is 0 Å². The van der Waals surface area contributed by atoms with E-state index in [1.165, 1.54) is 25.8 Å². The van der Waals surface area contributed by atoms with Gasteiger partial charge in [-0.2, -0.15) is 0 Å². The van der Waals surface area contributed by atoms with E-state index in [9.17, 15) is 0 Å². The Labute approximate surface area is 127 Å². The van der Waals surface area contributed by atoms with Gasteiger partial charge in [0.05, 0.1) is 6.61 Å². The van der Waals surface area contributed by atoms with Crippen LogP contribution in [0.4, 0.5) is 0 Å². The fourth-order valence-corrected chi connectivity index (χ4v) is 2.84. The molecule has 0 aliphatic carbocycles. The number of hydrogen-bond acceptors (Lipinski definition) is 3. The summed E-state index contributed by atoms with van der Waals surface area (Å²) in [6.07, 6.45) is 5.03. The Hall–Kier alpha value is -1.50. The topological polar surface area (TPSA) is 32.7 Å². The molecule has 1 aromatic rings. The minimum atomic E-state index is -0.105. The first-order valence-corrected chi connectivity index (χ1v) is 7.74. The highest BCUT2D eigenvalue weighted by atomic mass is 16.5. The molecule has 1 saturated heterocycles. The van der Waals surface area contributed by atoms with Gasteiger partial charge in [0, 0.05) is 11.6 Å². The minimum absolute atomic E-state index is 0.105. The fraction of sp³-hybridized carbons (Fsp3) is 0.556. The zero-order valence-electron chi connectivity index (χ0n) is 13.1. The van der Waals surface area contributed by atoms with E-state index in [4.69, 9.17) is 9.84 Å². The number of aliphatic hydroxyl groups excluding tert-OH is 1. The van der Waals surface area contributed by atoms with Gasteiger partial charge in [-0.3, -0.25) is 0 Å². The maximum absolute atomic E-state index is 8.71. The number of nitrogens with zero attached hydrogens (tertiary/aromatic N) is 1. The Kier molecular flexibility index (Phi) is 6.10. The molecule has 3 nitrogen and oxygen atoms in total. The molecule has 1 heterocycles. The summed E-state index contributed by atoms with van der Waals surface area (Å²) in [6, 6.07) is 6.58. The summed E-state index contributed by atoms with van der Waals surface area (Å²) >= 11 is 0. The van der Waals surface area contributed by atoms with E-state index < -0.39 is 0 Å². The van der Waals surface area contributed by atoms with Crippen LogP contribution in [0.5, 0.6) is 5.75 Å². The maximum atomic E-state index is 8.71. The van der Waals surface area contributed by atoms with Crippen molar-refractivity contribution < 1.29 is 9.84 Å². The van der Waals surface area contributed by atoms with Crippen molar-refractivity contribution in [1.82, 2.24) is 4.90 Å². The van der Waals surface area contributed by atoms with Crippen molar-refractivity contribution in [3.05, 3.63) is 29.3 Å². The van der Waals surface area contributed by atoms with Crippen molar-refractivity contribution in [2.45, 2.75) is 38.6 Å². The zero-order chi connectivity index (χ0) is 15.1. The van der Waals surface area contributed by atoms with Crippen LogP contribution in [0.15, 0.2) is 18.2 Å². The molecule has 0 bridgehead atoms. The molecule has 1 aliphatic heterocycles. The number of likely N-dealkylation sites (tertiary alicyclic amines) is 1. The average Bonchev–Trinajstić information content (AvgIpc) is 2.49. The summed E-state index contributed by atoms with van der Waals surface area (Å²) < 4.78 is 5.92. The molecule has 3 heteroatoms. The first kappa shape index (κ1) is 15.9. The van der Waals surface area contributed by atoms with Crippen LogP contribution >= 0.6 is 0 Å². The molecule has 1 aromatic carbocycles. The number of benzene rings is 1. The molecule has 114 valence electrons. The second-order valence-corrected chi connectivity index (χ2v) is 5.71. The van der Waals surface area contributed by atoms with Gasteiger partial charge < -0.3 is 14.7 Å². The van der Waals surface area contributed by atoms with Gasteiger partial charge in [0.15, 0.2) is 0 Å². The van der Waals surface area contributed by atoms with Crippen LogP contribution in [0, 0.1) is 18.8 Å². The quantitative estimate of drug-likeness (QED) is 0.864. The molecular formula is C18H25NO2. The largest absolute Gasteiger partial charge is 0.493 e. The van der Waals surface area contributed by atoms with Gasteiger partial charge in [-0.1, -0.05) is 18.3 Å². The van der Waals surface area contributed by atoms with Gasteiger partial charge in [-0.05, 0) is 63.5 Å². The van der Waals surface area contributed by atoms with E-state index in [-0.39, 0.29) is 6.61 Å². The maximum Gasteiger partial charge on any atom is 0.122 e. The molecule has 0 saturated carbocycles. The summed E-state index contributed by atoms with van der Waals surface area (Å²) in [5.41, 5.74) is 2.01. The van der Waals surface area contributed by atoms with Crippen LogP contribution in [0.1, 0.15) is 36.8 Å². The predicted molar refractivity (Wildman–Crippen MR) is 85.5 cm³/mol. The van der Waals surface area contributed by atoms with Crippen LogP contribution in [-0.2, 0) is 0 Å². The van der Waals surface area contributed by atoms with Crippen molar-refractivity contribution in [3.63, 3.8) is 0 Å². The highest BCUT2D eigenvalue weighted by Gasteiger charge is 2.18. The van der Waals surface area contributed by atoms with Crippen LogP contribution in [-0.4, -0.2) is 42.9 Å². The Balaban J connectivity index is 1.85. The van der Waals surface area contributed by atoms with Crippen molar-refractivity contribution in [2.24, 2.45) is 0 Å². The smallest absolute Gasteiger partial charge is 0.122 e. The SMILES string of the molecule is Cc1cc(C#CCO)ccc1OCCC1CCCCN1C. The van der Waals surface area contributed by atoms with Gasteiger partial charge >= 0.3 is 0 Å². The summed E-state index contributed by atoms with van der Waals surface area (Å²) in [5.74, 6) is 6.51.